The van der Waals surface area contributed by atoms with Gasteiger partial charge in [-0.25, -0.2) is 14.0 Å². The van der Waals surface area contributed by atoms with Gasteiger partial charge in [0.15, 0.2) is 17.7 Å². The molecule has 0 saturated carbocycles. The number of unbranched alkanes of at least 4 members (excludes halogenated alkanes) is 1. The molecule has 1 aromatic carbocycles. The summed E-state index contributed by atoms with van der Waals surface area (Å²) in [5, 5.41) is 19.9. The lowest BCUT2D eigenvalue weighted by molar-refractivity contribution is -0.295. The molecule has 3 fully saturated rings. The van der Waals surface area contributed by atoms with E-state index < -0.39 is 83.1 Å². The topological polar surface area (TPSA) is 198 Å². The lowest BCUT2D eigenvalue weighted by Crippen LogP contribution is -2.61. The Morgan fingerprint density at radius 3 is 2.37 bits per heavy atom. The number of hydrogen-bond acceptors (Lipinski definition) is 14. The molecule has 5 rings (SSSR count). The number of fused-ring (bicyclic) bond motifs is 1. The van der Waals surface area contributed by atoms with Crippen molar-refractivity contribution in [3.8, 4) is 11.3 Å². The number of aromatic nitrogens is 3. The van der Waals surface area contributed by atoms with E-state index in [2.05, 4.69) is 10.3 Å². The second kappa shape index (κ2) is 18.5. The first-order chi connectivity index (χ1) is 28.1. The van der Waals surface area contributed by atoms with Gasteiger partial charge in [-0.2, -0.15) is 0 Å². The minimum Gasteiger partial charge on any atom is -0.455 e. The summed E-state index contributed by atoms with van der Waals surface area (Å²) in [5.74, 6) is -5.85. The summed E-state index contributed by atoms with van der Waals surface area (Å²) in [4.78, 5) is 60.1. The summed E-state index contributed by atoms with van der Waals surface area (Å²) in [6.07, 6.45) is -2.57. The molecule has 3 aliphatic rings. The largest absolute Gasteiger partial charge is 0.455 e. The summed E-state index contributed by atoms with van der Waals surface area (Å²) in [6, 6.07) is 6.02. The molecule has 17 heteroatoms. The van der Waals surface area contributed by atoms with Gasteiger partial charge in [-0.1, -0.05) is 45.0 Å². The number of alkyl halides is 1. The molecular formula is C43H65FN6O10. The Morgan fingerprint density at radius 1 is 1.05 bits per heavy atom. The highest BCUT2D eigenvalue weighted by Crippen LogP contribution is 2.44. The Kier molecular flexibility index (Phi) is 14.5. The van der Waals surface area contributed by atoms with Gasteiger partial charge >= 0.3 is 12.1 Å². The number of amides is 1. The number of likely N-dealkylation sites (N-methyl/N-ethyl adjacent to an activating group) is 1. The van der Waals surface area contributed by atoms with Crippen molar-refractivity contribution in [2.75, 3.05) is 33.5 Å². The first kappa shape index (κ1) is 47.0. The van der Waals surface area contributed by atoms with E-state index in [1.54, 1.807) is 45.4 Å². The van der Waals surface area contributed by atoms with Crippen molar-refractivity contribution >= 4 is 29.3 Å². The van der Waals surface area contributed by atoms with E-state index in [4.69, 9.17) is 29.4 Å². The van der Waals surface area contributed by atoms with Gasteiger partial charge in [-0.15, -0.1) is 5.10 Å². The third kappa shape index (κ3) is 9.39. The van der Waals surface area contributed by atoms with Gasteiger partial charge in [0, 0.05) is 55.2 Å². The number of methoxy groups -OCH3 is 1. The van der Waals surface area contributed by atoms with E-state index in [1.807, 2.05) is 50.3 Å². The number of aryl methyl sites for hydroxylation is 1. The van der Waals surface area contributed by atoms with Crippen LogP contribution in [-0.4, -0.2) is 141 Å². The molecule has 3 N–H and O–H groups in total. The predicted molar refractivity (Wildman–Crippen MR) is 219 cm³/mol. The Hall–Kier alpha value is -4.03. The number of rotatable bonds is 11. The number of nitrogens with zero attached hydrogens (tertiary/aromatic N) is 5. The lowest BCUT2D eigenvalue weighted by atomic mass is 9.73. The quantitative estimate of drug-likeness (QED) is 0.138. The van der Waals surface area contributed by atoms with Crippen molar-refractivity contribution < 1.29 is 52.4 Å². The van der Waals surface area contributed by atoms with E-state index in [0.29, 0.717) is 37.2 Å². The van der Waals surface area contributed by atoms with Crippen LogP contribution in [0.25, 0.3) is 11.3 Å². The number of carbonyl (C=O) groups excluding carboxylic acids is 4. The van der Waals surface area contributed by atoms with Gasteiger partial charge in [-0.05, 0) is 86.0 Å². The lowest BCUT2D eigenvalue weighted by Gasteiger charge is -2.47. The number of ether oxygens (including phenoxy) is 5. The first-order valence-corrected chi connectivity index (χ1v) is 21.0. The van der Waals surface area contributed by atoms with Crippen molar-refractivity contribution in [3.05, 3.63) is 30.5 Å². The van der Waals surface area contributed by atoms with Gasteiger partial charge in [0.1, 0.15) is 23.7 Å². The smallest absolute Gasteiger partial charge is 0.410 e. The van der Waals surface area contributed by atoms with Gasteiger partial charge in [0.2, 0.25) is 0 Å². The van der Waals surface area contributed by atoms with Crippen molar-refractivity contribution in [1.29, 1.82) is 0 Å². The molecular weight excluding hydrogens is 780 g/mol. The Bertz CT molecular complexity index is 1860. The number of hydrogen-bond donors (Lipinski definition) is 2. The number of benzene rings is 1. The minimum atomic E-state index is -3.19. The molecule has 16 nitrogen and oxygen atoms in total. The summed E-state index contributed by atoms with van der Waals surface area (Å²) in [6.45, 7) is 13.1. The van der Waals surface area contributed by atoms with Crippen LogP contribution in [0.1, 0.15) is 87.5 Å². The Labute approximate surface area is 352 Å². The maximum absolute atomic E-state index is 16.9. The van der Waals surface area contributed by atoms with E-state index in [0.717, 1.165) is 12.5 Å². The van der Waals surface area contributed by atoms with E-state index in [1.165, 1.54) is 18.9 Å². The van der Waals surface area contributed by atoms with Crippen molar-refractivity contribution in [2.45, 2.75) is 154 Å². The monoisotopic (exact) mass is 844 g/mol. The SMILES string of the molecule is CCC1OC(=O)C(C)(F)C(=O)C(C)[C@@H](OC2OC(C)CC(N(C)C)C2O)[C@@](C)(OC)C[C@@H](C)C(=O)[C@H](C)C2N(CCCCn3cc(-c4cccc(N)c4)nn3)C(=O)O[C@]12C. The van der Waals surface area contributed by atoms with Crippen molar-refractivity contribution in [1.82, 2.24) is 24.8 Å². The molecule has 1 amide bonds. The molecule has 4 heterocycles. The summed E-state index contributed by atoms with van der Waals surface area (Å²) < 4.78 is 49.2. The highest BCUT2D eigenvalue weighted by molar-refractivity contribution is 6.08. The molecule has 0 bridgehead atoms. The summed E-state index contributed by atoms with van der Waals surface area (Å²) in [5.41, 5.74) is 1.80. The highest BCUT2D eigenvalue weighted by Gasteiger charge is 2.61. The number of esters is 1. The van der Waals surface area contributed by atoms with Crippen LogP contribution in [0.5, 0.6) is 0 Å². The van der Waals surface area contributed by atoms with Gasteiger partial charge in [0.05, 0.1) is 30.0 Å². The molecule has 334 valence electrons. The number of nitrogens with two attached hydrogens (primary N) is 1. The number of ketones is 2. The van der Waals surface area contributed by atoms with Crippen LogP contribution in [-0.2, 0) is 44.6 Å². The molecule has 3 saturated heterocycles. The Balaban J connectivity index is 1.45. The number of anilines is 1. The molecule has 60 heavy (non-hydrogen) atoms. The third-order valence-corrected chi connectivity index (χ3v) is 12.9. The van der Waals surface area contributed by atoms with Crippen LogP contribution in [0.4, 0.5) is 14.9 Å². The van der Waals surface area contributed by atoms with E-state index in [9.17, 15) is 24.3 Å². The molecule has 8 unspecified atom stereocenters. The zero-order valence-corrected chi connectivity index (χ0v) is 36.9. The third-order valence-electron chi connectivity index (χ3n) is 12.9. The van der Waals surface area contributed by atoms with Crippen molar-refractivity contribution in [2.24, 2.45) is 17.8 Å². The summed E-state index contributed by atoms with van der Waals surface area (Å²) >= 11 is 0. The van der Waals surface area contributed by atoms with E-state index >= 15 is 4.39 Å². The van der Waals surface area contributed by atoms with Gasteiger partial charge < -0.3 is 44.3 Å². The fourth-order valence-corrected chi connectivity index (χ4v) is 9.51. The average molecular weight is 845 g/mol. The van der Waals surface area contributed by atoms with Crippen LogP contribution in [0.15, 0.2) is 30.5 Å². The van der Waals surface area contributed by atoms with Crippen LogP contribution in [0.2, 0.25) is 0 Å². The number of Topliss-reactive ketones (excluding diaryl/α,β-unsaturated/α-hetero) is 2. The zero-order valence-electron chi connectivity index (χ0n) is 36.9. The molecule has 0 radical (unpaired) electrons. The maximum atomic E-state index is 16.9. The minimum absolute atomic E-state index is 0.0111. The zero-order chi connectivity index (χ0) is 44.5. The van der Waals surface area contributed by atoms with Crippen LogP contribution in [0, 0.1) is 17.8 Å². The molecule has 0 aliphatic carbocycles. The second-order valence-corrected chi connectivity index (χ2v) is 17.8. The molecule has 0 spiro atoms. The summed E-state index contributed by atoms with van der Waals surface area (Å²) in [7, 11) is 5.04. The number of aliphatic hydroxyl groups excluding tert-OH is 1. The Morgan fingerprint density at radius 2 is 1.73 bits per heavy atom. The van der Waals surface area contributed by atoms with E-state index in [-0.39, 0.29) is 37.3 Å². The molecule has 1 aromatic heterocycles. The number of carbonyl (C=O) groups is 4. The molecule has 2 aromatic rings. The normalized spacial score (nSPS) is 37.1. The highest BCUT2D eigenvalue weighted by atomic mass is 19.1. The number of halogens is 1. The standard InChI is InChI=1S/C43H65FN6O10/c1-12-32-43(8)35(50(40(55)60-43)19-14-13-18-49-23-30(46-47-49)28-16-15-17-29(45)21-28)26(4)33(51)24(2)22-41(6,56-11)37(27(5)36(53)42(7,44)39(54)58-32)59-38-34(52)31(48(9)10)20-25(3)57-38/h15-17,21,23-27,31-32,34-35,37-38,52H,12-14,18-20,22,45H2,1-11H3/t24-,25?,26+,27?,31?,32?,34?,35?,37-,38?,41+,42?,43-/m1/s1. The number of cyclic esters (lactones) is 1. The van der Waals surface area contributed by atoms with Crippen LogP contribution >= 0.6 is 0 Å². The van der Waals surface area contributed by atoms with Gasteiger partial charge in [0.25, 0.3) is 5.67 Å². The molecule has 3 aliphatic heterocycles. The van der Waals surface area contributed by atoms with Crippen molar-refractivity contribution in [3.63, 3.8) is 0 Å². The van der Waals surface area contributed by atoms with Gasteiger partial charge in [-0.3, -0.25) is 14.3 Å². The molecule has 13 atom stereocenters. The number of aliphatic hydroxyl groups is 1. The fourth-order valence-electron chi connectivity index (χ4n) is 9.51. The fraction of sp³-hybridized carbons (Fsp3) is 0.721. The van der Waals surface area contributed by atoms with Crippen LogP contribution in [0.3, 0.4) is 0 Å². The number of nitrogen functional groups attached to an aromatic ring is 1. The average Bonchev–Trinajstić information content (AvgIpc) is 3.78. The van der Waals surface area contributed by atoms with Crippen LogP contribution < -0.4 is 5.73 Å². The second-order valence-electron chi connectivity index (χ2n) is 17.8. The maximum Gasteiger partial charge on any atom is 0.410 e. The first-order valence-electron chi connectivity index (χ1n) is 21.0. The predicted octanol–water partition coefficient (Wildman–Crippen LogP) is 4.60.